The minimum atomic E-state index is -1.46. The molecule has 2 aliphatic heterocycles. The SMILES string of the molecule is O=C1CC(c2cccc(Cl)c2)C2(C(=O)N(C(=O)O)c3cc(Cl)ccc32)C(c2ccccc2Br)N1. The fourth-order valence-corrected chi connectivity index (χ4v) is 6.15. The fraction of sp³-hybridized carbons (Fsp3) is 0.160. The molecule has 3 aromatic carbocycles. The number of hydrogen-bond acceptors (Lipinski definition) is 3. The molecule has 3 atom stereocenters. The minimum absolute atomic E-state index is 0.0252. The maximum Gasteiger partial charge on any atom is 0.418 e. The van der Waals surface area contributed by atoms with E-state index in [1.807, 2.05) is 18.2 Å². The van der Waals surface area contributed by atoms with E-state index < -0.39 is 29.4 Å². The van der Waals surface area contributed by atoms with E-state index in [-0.39, 0.29) is 18.0 Å². The maximum atomic E-state index is 14.3. The molecule has 1 spiro atoms. The predicted octanol–water partition coefficient (Wildman–Crippen LogP) is 6.06. The third-order valence-corrected chi connectivity index (χ3v) is 7.75. The van der Waals surface area contributed by atoms with Crippen molar-refractivity contribution in [1.29, 1.82) is 0 Å². The van der Waals surface area contributed by atoms with Gasteiger partial charge in [-0.1, -0.05) is 75.5 Å². The van der Waals surface area contributed by atoms with Crippen LogP contribution in [-0.2, 0) is 15.0 Å². The molecule has 0 radical (unpaired) electrons. The van der Waals surface area contributed by atoms with Gasteiger partial charge in [0.05, 0.1) is 11.7 Å². The van der Waals surface area contributed by atoms with E-state index in [2.05, 4.69) is 21.2 Å². The van der Waals surface area contributed by atoms with Gasteiger partial charge in [-0.05, 0) is 47.0 Å². The Bertz CT molecular complexity index is 1360. The summed E-state index contributed by atoms with van der Waals surface area (Å²) >= 11 is 16.1. The zero-order valence-corrected chi connectivity index (χ0v) is 20.6. The monoisotopic (exact) mass is 558 g/mol. The van der Waals surface area contributed by atoms with E-state index in [0.717, 1.165) is 4.90 Å². The van der Waals surface area contributed by atoms with E-state index in [1.54, 1.807) is 42.5 Å². The van der Waals surface area contributed by atoms with Crippen LogP contribution in [0.3, 0.4) is 0 Å². The topological polar surface area (TPSA) is 86.7 Å². The van der Waals surface area contributed by atoms with Gasteiger partial charge in [0.1, 0.15) is 5.41 Å². The Morgan fingerprint density at radius 3 is 2.47 bits per heavy atom. The number of nitrogens with zero attached hydrogens (tertiary/aromatic N) is 1. The number of hydrogen-bond donors (Lipinski definition) is 2. The van der Waals surface area contributed by atoms with Crippen molar-refractivity contribution in [3.63, 3.8) is 0 Å². The largest absolute Gasteiger partial charge is 0.464 e. The second-order valence-electron chi connectivity index (χ2n) is 8.29. The molecule has 5 rings (SSSR count). The number of halogens is 3. The molecular formula is C25H17BrCl2N2O4. The normalized spacial score (nSPS) is 23.7. The van der Waals surface area contributed by atoms with Gasteiger partial charge in [0, 0.05) is 26.9 Å². The van der Waals surface area contributed by atoms with Crippen molar-refractivity contribution in [2.75, 3.05) is 4.90 Å². The lowest BCUT2D eigenvalue weighted by molar-refractivity contribution is -0.132. The smallest absolute Gasteiger partial charge is 0.418 e. The van der Waals surface area contributed by atoms with E-state index in [1.165, 1.54) is 6.07 Å². The van der Waals surface area contributed by atoms with Gasteiger partial charge in [-0.15, -0.1) is 0 Å². The Hall–Kier alpha value is -2.87. The molecule has 6 nitrogen and oxygen atoms in total. The summed E-state index contributed by atoms with van der Waals surface area (Å²) in [6.45, 7) is 0. The van der Waals surface area contributed by atoms with Crippen LogP contribution >= 0.6 is 39.1 Å². The first kappa shape index (κ1) is 22.9. The molecule has 0 aliphatic carbocycles. The summed E-state index contributed by atoms with van der Waals surface area (Å²) < 4.78 is 0.684. The summed E-state index contributed by atoms with van der Waals surface area (Å²) in [6, 6.07) is 18.2. The minimum Gasteiger partial charge on any atom is -0.464 e. The van der Waals surface area contributed by atoms with Crippen molar-refractivity contribution in [3.05, 3.63) is 97.9 Å². The number of carbonyl (C=O) groups excluding carboxylic acids is 2. The molecule has 172 valence electrons. The van der Waals surface area contributed by atoms with Crippen molar-refractivity contribution in [2.45, 2.75) is 23.8 Å². The second-order valence-corrected chi connectivity index (χ2v) is 10.0. The number of imide groups is 1. The lowest BCUT2D eigenvalue weighted by Crippen LogP contribution is -2.58. The molecule has 1 fully saturated rings. The number of anilines is 1. The average molecular weight is 560 g/mol. The Kier molecular flexibility index (Phi) is 5.67. The number of piperidine rings is 1. The summed E-state index contributed by atoms with van der Waals surface area (Å²) in [4.78, 5) is 40.4. The molecule has 3 aromatic rings. The van der Waals surface area contributed by atoms with Crippen LogP contribution in [0.1, 0.15) is 35.1 Å². The molecule has 9 heteroatoms. The second kappa shape index (κ2) is 8.41. The predicted molar refractivity (Wildman–Crippen MR) is 132 cm³/mol. The molecule has 1 saturated heterocycles. The number of benzene rings is 3. The maximum absolute atomic E-state index is 14.3. The Morgan fingerprint density at radius 2 is 1.76 bits per heavy atom. The zero-order chi connectivity index (χ0) is 24.2. The lowest BCUT2D eigenvalue weighted by atomic mass is 9.59. The van der Waals surface area contributed by atoms with Crippen LogP contribution in [0.25, 0.3) is 0 Å². The van der Waals surface area contributed by atoms with Gasteiger partial charge in [0.15, 0.2) is 0 Å². The summed E-state index contributed by atoms with van der Waals surface area (Å²) in [5.41, 5.74) is 0.533. The van der Waals surface area contributed by atoms with Gasteiger partial charge in [0.25, 0.3) is 0 Å². The number of amides is 3. The van der Waals surface area contributed by atoms with Crippen LogP contribution in [0.5, 0.6) is 0 Å². The number of rotatable bonds is 2. The summed E-state index contributed by atoms with van der Waals surface area (Å²) in [5.74, 6) is -1.59. The highest BCUT2D eigenvalue weighted by Crippen LogP contribution is 2.59. The molecule has 3 unspecified atom stereocenters. The molecule has 0 aromatic heterocycles. The highest BCUT2D eigenvalue weighted by molar-refractivity contribution is 9.10. The van der Waals surface area contributed by atoms with Gasteiger partial charge in [-0.2, -0.15) is 0 Å². The average Bonchev–Trinajstić information content (AvgIpc) is 3.03. The fourth-order valence-electron chi connectivity index (χ4n) is 5.27. The third kappa shape index (κ3) is 3.34. The summed E-state index contributed by atoms with van der Waals surface area (Å²) in [7, 11) is 0. The molecule has 2 N–H and O–H groups in total. The van der Waals surface area contributed by atoms with Crippen LogP contribution in [0.4, 0.5) is 10.5 Å². The quantitative estimate of drug-likeness (QED) is 0.399. The summed E-state index contributed by atoms with van der Waals surface area (Å²) in [5, 5.41) is 13.8. The van der Waals surface area contributed by atoms with E-state index in [0.29, 0.717) is 31.2 Å². The van der Waals surface area contributed by atoms with Crippen LogP contribution in [0.15, 0.2) is 71.2 Å². The summed E-state index contributed by atoms with van der Waals surface area (Å²) in [6.07, 6.45) is -1.44. The van der Waals surface area contributed by atoms with Crippen LogP contribution in [-0.4, -0.2) is 23.0 Å². The lowest BCUT2D eigenvalue weighted by Gasteiger charge is -2.46. The molecule has 0 saturated carbocycles. The molecule has 3 amide bonds. The standard InChI is InChI=1S/C25H17BrCl2N2O4/c26-19-7-2-1-6-16(19)22-25(18(12-21(31)29-22)13-4-3-5-14(27)10-13)17-9-8-15(28)11-20(17)30(23(25)32)24(33)34/h1-11,18,22H,12H2,(H,29,31)(H,33,34). The number of nitrogens with one attached hydrogen (secondary N) is 1. The van der Waals surface area contributed by atoms with Crippen LogP contribution in [0, 0.1) is 0 Å². The number of carboxylic acid groups (broad SMARTS) is 1. The van der Waals surface area contributed by atoms with Crippen molar-refractivity contribution in [3.8, 4) is 0 Å². The number of carbonyl (C=O) groups is 3. The first-order valence-electron chi connectivity index (χ1n) is 10.4. The molecular weight excluding hydrogens is 543 g/mol. The van der Waals surface area contributed by atoms with Gasteiger partial charge < -0.3 is 10.4 Å². The van der Waals surface area contributed by atoms with Gasteiger partial charge in [-0.3, -0.25) is 9.59 Å². The van der Waals surface area contributed by atoms with Crippen LogP contribution < -0.4 is 10.2 Å². The van der Waals surface area contributed by atoms with E-state index in [4.69, 9.17) is 23.2 Å². The first-order chi connectivity index (χ1) is 16.2. The van der Waals surface area contributed by atoms with Crippen molar-refractivity contribution in [1.82, 2.24) is 5.32 Å². The van der Waals surface area contributed by atoms with Gasteiger partial charge in [0.2, 0.25) is 11.8 Å². The Balaban J connectivity index is 1.88. The highest BCUT2D eigenvalue weighted by Gasteiger charge is 2.64. The molecule has 34 heavy (non-hydrogen) atoms. The van der Waals surface area contributed by atoms with Gasteiger partial charge >= 0.3 is 6.09 Å². The highest BCUT2D eigenvalue weighted by atomic mass is 79.9. The van der Waals surface area contributed by atoms with Crippen molar-refractivity contribution in [2.24, 2.45) is 0 Å². The molecule has 0 bridgehead atoms. The molecule has 2 aliphatic rings. The van der Waals surface area contributed by atoms with Gasteiger partial charge in [-0.25, -0.2) is 9.69 Å². The zero-order valence-electron chi connectivity index (χ0n) is 17.5. The Labute approximate surface area is 213 Å². The van der Waals surface area contributed by atoms with E-state index >= 15 is 0 Å². The Morgan fingerprint density at radius 1 is 1.03 bits per heavy atom. The number of fused-ring (bicyclic) bond motifs is 2. The molecule has 2 heterocycles. The van der Waals surface area contributed by atoms with Crippen molar-refractivity contribution >= 4 is 62.7 Å². The first-order valence-corrected chi connectivity index (χ1v) is 12.0. The van der Waals surface area contributed by atoms with E-state index in [9.17, 15) is 19.5 Å². The third-order valence-electron chi connectivity index (χ3n) is 6.56. The van der Waals surface area contributed by atoms with Crippen LogP contribution in [0.2, 0.25) is 10.0 Å². The van der Waals surface area contributed by atoms with Crippen molar-refractivity contribution < 1.29 is 19.5 Å².